The highest BCUT2D eigenvalue weighted by Crippen LogP contribution is 2.29. The van der Waals surface area contributed by atoms with Crippen LogP contribution in [0.1, 0.15) is 16.0 Å². The molecule has 1 heterocycles. The van der Waals surface area contributed by atoms with Gasteiger partial charge < -0.3 is 10.2 Å². The number of nitrogens with one attached hydrogen (secondary N) is 1. The number of nitrogens with zero attached hydrogens (tertiary/aromatic N) is 2. The lowest BCUT2D eigenvalue weighted by molar-refractivity contribution is -0.137. The number of guanidine groups is 1. The minimum absolute atomic E-state index is 0.298. The van der Waals surface area contributed by atoms with E-state index in [0.717, 1.165) is 25.1 Å². The van der Waals surface area contributed by atoms with E-state index in [1.165, 1.54) is 10.9 Å². The van der Waals surface area contributed by atoms with Crippen molar-refractivity contribution in [2.45, 2.75) is 12.6 Å². The summed E-state index contributed by atoms with van der Waals surface area (Å²) in [7, 11) is 3.62. The SMILES string of the molecule is CN=C(NCC#Cc1cccc(C(F)(F)F)c1)N(C)CCc1cccs1. The molecule has 138 valence electrons. The van der Waals surface area contributed by atoms with Crippen LogP contribution in [0.15, 0.2) is 46.8 Å². The van der Waals surface area contributed by atoms with E-state index >= 15 is 0 Å². The third-order valence-electron chi connectivity index (χ3n) is 3.60. The number of likely N-dealkylation sites (N-methyl/N-ethyl adjacent to an activating group) is 1. The largest absolute Gasteiger partial charge is 0.416 e. The Kier molecular flexibility index (Phi) is 7.10. The number of alkyl halides is 3. The van der Waals surface area contributed by atoms with Crippen LogP contribution in [-0.2, 0) is 12.6 Å². The number of thiophene rings is 1. The summed E-state index contributed by atoms with van der Waals surface area (Å²) < 4.78 is 38.1. The molecule has 1 aromatic carbocycles. The second kappa shape index (κ2) is 9.30. The zero-order chi connectivity index (χ0) is 19.0. The van der Waals surface area contributed by atoms with Gasteiger partial charge in [0.1, 0.15) is 0 Å². The number of benzene rings is 1. The molecule has 2 aromatic rings. The molecule has 2 rings (SSSR count). The Balaban J connectivity index is 1.87. The standard InChI is InChI=1S/C19H20F3N3S/c1-23-18(25(2)12-10-17-9-5-13-26-17)24-11-4-7-15-6-3-8-16(14-15)19(20,21)22/h3,5-6,8-9,13-14H,10-12H2,1-2H3,(H,23,24). The number of rotatable bonds is 4. The van der Waals surface area contributed by atoms with Gasteiger partial charge in [-0.1, -0.05) is 24.0 Å². The van der Waals surface area contributed by atoms with Crippen molar-refractivity contribution in [2.24, 2.45) is 4.99 Å². The zero-order valence-electron chi connectivity index (χ0n) is 14.6. The van der Waals surface area contributed by atoms with Crippen molar-refractivity contribution in [1.29, 1.82) is 0 Å². The number of halogens is 3. The Morgan fingerprint density at radius 1 is 1.27 bits per heavy atom. The fraction of sp³-hybridized carbons (Fsp3) is 0.316. The monoisotopic (exact) mass is 379 g/mol. The van der Waals surface area contributed by atoms with Gasteiger partial charge in [-0.05, 0) is 36.1 Å². The van der Waals surface area contributed by atoms with Crippen molar-refractivity contribution in [1.82, 2.24) is 10.2 Å². The molecule has 0 atom stereocenters. The fourth-order valence-electron chi connectivity index (χ4n) is 2.27. The Morgan fingerprint density at radius 3 is 2.73 bits per heavy atom. The topological polar surface area (TPSA) is 27.6 Å². The lowest BCUT2D eigenvalue weighted by atomic mass is 10.1. The first-order valence-corrected chi connectivity index (χ1v) is 8.88. The first kappa shape index (κ1) is 19.9. The highest BCUT2D eigenvalue weighted by molar-refractivity contribution is 7.09. The van der Waals surface area contributed by atoms with Crippen molar-refractivity contribution < 1.29 is 13.2 Å². The molecule has 0 amide bonds. The van der Waals surface area contributed by atoms with E-state index in [4.69, 9.17) is 0 Å². The maximum absolute atomic E-state index is 12.7. The average Bonchev–Trinajstić information content (AvgIpc) is 3.13. The number of hydrogen-bond acceptors (Lipinski definition) is 2. The van der Waals surface area contributed by atoms with Crippen LogP contribution in [0.25, 0.3) is 0 Å². The van der Waals surface area contributed by atoms with E-state index in [9.17, 15) is 13.2 Å². The van der Waals surface area contributed by atoms with Crippen LogP contribution in [0, 0.1) is 11.8 Å². The van der Waals surface area contributed by atoms with E-state index in [1.54, 1.807) is 24.5 Å². The summed E-state index contributed by atoms with van der Waals surface area (Å²) in [5.41, 5.74) is -0.357. The molecule has 0 aliphatic rings. The van der Waals surface area contributed by atoms with Crippen molar-refractivity contribution in [3.8, 4) is 11.8 Å². The van der Waals surface area contributed by atoms with Crippen molar-refractivity contribution in [2.75, 3.05) is 27.2 Å². The smallest absolute Gasteiger partial charge is 0.346 e. The van der Waals surface area contributed by atoms with Crippen molar-refractivity contribution in [3.63, 3.8) is 0 Å². The van der Waals surface area contributed by atoms with Gasteiger partial charge in [-0.15, -0.1) is 11.3 Å². The molecule has 0 bridgehead atoms. The Bertz CT molecular complexity index is 786. The van der Waals surface area contributed by atoms with Crippen LogP contribution < -0.4 is 5.32 Å². The van der Waals surface area contributed by atoms with E-state index in [1.807, 2.05) is 23.4 Å². The first-order chi connectivity index (χ1) is 12.4. The Hall–Kier alpha value is -2.46. The summed E-state index contributed by atoms with van der Waals surface area (Å²) in [6.45, 7) is 1.10. The first-order valence-electron chi connectivity index (χ1n) is 8.00. The molecule has 0 fully saturated rings. The summed E-state index contributed by atoms with van der Waals surface area (Å²) in [5.74, 6) is 6.28. The van der Waals surface area contributed by atoms with Crippen LogP contribution in [0.4, 0.5) is 13.2 Å². The van der Waals surface area contributed by atoms with Gasteiger partial charge in [-0.3, -0.25) is 4.99 Å². The third kappa shape index (κ3) is 6.12. The molecule has 0 saturated carbocycles. The minimum Gasteiger partial charge on any atom is -0.346 e. The fourth-order valence-corrected chi connectivity index (χ4v) is 2.96. The quantitative estimate of drug-likeness (QED) is 0.496. The lowest BCUT2D eigenvalue weighted by Gasteiger charge is -2.20. The van der Waals surface area contributed by atoms with Gasteiger partial charge in [-0.25, -0.2) is 0 Å². The van der Waals surface area contributed by atoms with E-state index in [2.05, 4.69) is 28.2 Å². The molecular weight excluding hydrogens is 359 g/mol. The van der Waals surface area contributed by atoms with Gasteiger partial charge in [0.05, 0.1) is 12.1 Å². The predicted molar refractivity (Wildman–Crippen MR) is 100 cm³/mol. The molecule has 0 aliphatic heterocycles. The van der Waals surface area contributed by atoms with Gasteiger partial charge in [0, 0.05) is 31.1 Å². The maximum atomic E-state index is 12.7. The molecule has 0 spiro atoms. The molecule has 0 aliphatic carbocycles. The van der Waals surface area contributed by atoms with E-state index in [0.29, 0.717) is 18.1 Å². The van der Waals surface area contributed by atoms with Gasteiger partial charge in [0.15, 0.2) is 5.96 Å². The normalized spacial score (nSPS) is 11.7. The zero-order valence-corrected chi connectivity index (χ0v) is 15.4. The Morgan fingerprint density at radius 2 is 2.08 bits per heavy atom. The summed E-state index contributed by atoms with van der Waals surface area (Å²) in [4.78, 5) is 7.49. The van der Waals surface area contributed by atoms with Gasteiger partial charge >= 0.3 is 6.18 Å². The lowest BCUT2D eigenvalue weighted by Crippen LogP contribution is -2.40. The van der Waals surface area contributed by atoms with Gasteiger partial charge in [-0.2, -0.15) is 13.2 Å². The highest BCUT2D eigenvalue weighted by atomic mass is 32.1. The van der Waals surface area contributed by atoms with Crippen LogP contribution in [0.3, 0.4) is 0 Å². The number of aliphatic imine (C=N–C) groups is 1. The van der Waals surface area contributed by atoms with Crippen LogP contribution >= 0.6 is 11.3 Å². The molecule has 1 aromatic heterocycles. The van der Waals surface area contributed by atoms with Crippen LogP contribution in [0.5, 0.6) is 0 Å². The molecule has 0 radical (unpaired) electrons. The maximum Gasteiger partial charge on any atom is 0.416 e. The second-order valence-electron chi connectivity index (χ2n) is 5.53. The summed E-state index contributed by atoms with van der Waals surface area (Å²) >= 11 is 1.72. The summed E-state index contributed by atoms with van der Waals surface area (Å²) in [5, 5.41) is 5.15. The molecule has 0 unspecified atom stereocenters. The molecule has 3 nitrogen and oxygen atoms in total. The van der Waals surface area contributed by atoms with Gasteiger partial charge in [0.25, 0.3) is 0 Å². The highest BCUT2D eigenvalue weighted by Gasteiger charge is 2.30. The summed E-state index contributed by atoms with van der Waals surface area (Å²) in [6.07, 6.45) is -3.44. The molecule has 0 saturated heterocycles. The molecule has 26 heavy (non-hydrogen) atoms. The molecule has 1 N–H and O–H groups in total. The van der Waals surface area contributed by atoms with Crippen LogP contribution in [-0.4, -0.2) is 38.0 Å². The van der Waals surface area contributed by atoms with E-state index in [-0.39, 0.29) is 0 Å². The number of hydrogen-bond donors (Lipinski definition) is 1. The third-order valence-corrected chi connectivity index (χ3v) is 4.54. The van der Waals surface area contributed by atoms with Gasteiger partial charge in [0.2, 0.25) is 0 Å². The molecular formula is C19H20F3N3S. The predicted octanol–water partition coefficient (Wildman–Crippen LogP) is 3.87. The average molecular weight is 379 g/mol. The minimum atomic E-state index is -4.36. The van der Waals surface area contributed by atoms with Crippen molar-refractivity contribution >= 4 is 17.3 Å². The van der Waals surface area contributed by atoms with E-state index < -0.39 is 11.7 Å². The molecule has 7 heteroatoms. The Labute approximate surface area is 155 Å². The summed E-state index contributed by atoms with van der Waals surface area (Å²) in [6, 6.07) is 9.12. The van der Waals surface area contributed by atoms with Crippen LogP contribution in [0.2, 0.25) is 0 Å². The van der Waals surface area contributed by atoms with Crippen molar-refractivity contribution in [3.05, 3.63) is 57.8 Å². The second-order valence-corrected chi connectivity index (χ2v) is 6.56.